The number of benzene rings is 1. The van der Waals surface area contributed by atoms with Crippen LogP contribution in [0.2, 0.25) is 0 Å². The lowest BCUT2D eigenvalue weighted by molar-refractivity contribution is 0.588. The molecule has 0 fully saturated rings. The molecule has 6 nitrogen and oxygen atoms in total. The lowest BCUT2D eigenvalue weighted by Gasteiger charge is -2.07. The molecule has 108 valence electrons. The van der Waals surface area contributed by atoms with Gasteiger partial charge in [-0.15, -0.1) is 0 Å². The molecule has 2 heterocycles. The van der Waals surface area contributed by atoms with Crippen molar-refractivity contribution in [3.8, 4) is 0 Å². The molecule has 21 heavy (non-hydrogen) atoms. The normalized spacial score (nSPS) is 11.9. The number of hydrogen-bond acceptors (Lipinski definition) is 5. The second-order valence-corrected chi connectivity index (χ2v) is 6.47. The predicted octanol–water partition coefficient (Wildman–Crippen LogP) is 1.27. The lowest BCUT2D eigenvalue weighted by atomic mass is 10.2. The van der Waals surface area contributed by atoms with Crippen molar-refractivity contribution in [2.45, 2.75) is 12.3 Å². The van der Waals surface area contributed by atoms with E-state index in [0.29, 0.717) is 16.9 Å². The summed E-state index contributed by atoms with van der Waals surface area (Å²) < 4.78 is 26.2. The first-order chi connectivity index (χ1) is 10.1. The predicted molar refractivity (Wildman–Crippen MR) is 79.9 cm³/mol. The molecule has 2 N–H and O–H groups in total. The highest BCUT2D eigenvalue weighted by atomic mass is 32.2. The van der Waals surface area contributed by atoms with Crippen LogP contribution < -0.4 is 5.73 Å². The van der Waals surface area contributed by atoms with Crippen molar-refractivity contribution in [1.29, 1.82) is 0 Å². The van der Waals surface area contributed by atoms with E-state index in [4.69, 9.17) is 5.73 Å². The van der Waals surface area contributed by atoms with Crippen molar-refractivity contribution in [3.63, 3.8) is 0 Å². The standard InChI is InChI=1S/C14H14N4O2S/c15-8-12-9-16-14-13(17-12)6-7-18(14)21(19,20)10-11-4-2-1-3-5-11/h1-7,9H,8,10,15H2. The molecule has 3 aromatic rings. The van der Waals surface area contributed by atoms with Crippen LogP contribution in [-0.2, 0) is 22.3 Å². The van der Waals surface area contributed by atoms with Gasteiger partial charge < -0.3 is 5.73 Å². The molecule has 0 bridgehead atoms. The molecule has 3 rings (SSSR count). The van der Waals surface area contributed by atoms with Gasteiger partial charge in [0.05, 0.1) is 17.6 Å². The molecule has 0 unspecified atom stereocenters. The van der Waals surface area contributed by atoms with Gasteiger partial charge in [0.15, 0.2) is 5.65 Å². The van der Waals surface area contributed by atoms with Gasteiger partial charge in [-0.2, -0.15) is 0 Å². The van der Waals surface area contributed by atoms with Crippen LogP contribution in [0.15, 0.2) is 48.8 Å². The molecular weight excluding hydrogens is 288 g/mol. The number of fused-ring (bicyclic) bond motifs is 1. The van der Waals surface area contributed by atoms with Crippen LogP contribution in [0.5, 0.6) is 0 Å². The summed E-state index contributed by atoms with van der Waals surface area (Å²) in [5.41, 5.74) is 7.71. The SMILES string of the molecule is NCc1cnc2c(ccn2S(=O)(=O)Cc2ccccc2)n1. The largest absolute Gasteiger partial charge is 0.325 e. The zero-order valence-electron chi connectivity index (χ0n) is 11.2. The van der Waals surface area contributed by atoms with Crippen LogP contribution in [0.4, 0.5) is 0 Å². The van der Waals surface area contributed by atoms with E-state index in [1.165, 1.54) is 16.4 Å². The highest BCUT2D eigenvalue weighted by Gasteiger charge is 2.18. The third-order valence-electron chi connectivity index (χ3n) is 3.11. The topological polar surface area (TPSA) is 90.9 Å². The Kier molecular flexibility index (Phi) is 3.44. The summed E-state index contributed by atoms with van der Waals surface area (Å²) in [4.78, 5) is 8.42. The number of rotatable bonds is 4. The van der Waals surface area contributed by atoms with Crippen LogP contribution in [-0.4, -0.2) is 22.4 Å². The Morgan fingerprint density at radius 3 is 2.62 bits per heavy atom. The molecule has 0 saturated carbocycles. The third-order valence-corrected chi connectivity index (χ3v) is 4.70. The quantitative estimate of drug-likeness (QED) is 0.783. The van der Waals surface area contributed by atoms with Crippen LogP contribution >= 0.6 is 0 Å². The van der Waals surface area contributed by atoms with Crippen molar-refractivity contribution < 1.29 is 8.42 Å². The Bertz CT molecular complexity index is 872. The Morgan fingerprint density at radius 2 is 1.90 bits per heavy atom. The maximum atomic E-state index is 12.5. The number of nitrogens with two attached hydrogens (primary N) is 1. The van der Waals surface area contributed by atoms with E-state index in [0.717, 1.165) is 5.56 Å². The van der Waals surface area contributed by atoms with Gasteiger partial charge in [0.1, 0.15) is 5.52 Å². The summed E-state index contributed by atoms with van der Waals surface area (Å²) in [5, 5.41) is 0. The van der Waals surface area contributed by atoms with E-state index >= 15 is 0 Å². The van der Waals surface area contributed by atoms with Gasteiger partial charge in [0.2, 0.25) is 10.0 Å². The molecule has 2 aromatic heterocycles. The summed E-state index contributed by atoms with van der Waals surface area (Å²) in [6, 6.07) is 10.7. The first kappa shape index (κ1) is 13.7. The summed E-state index contributed by atoms with van der Waals surface area (Å²) >= 11 is 0. The van der Waals surface area contributed by atoms with Gasteiger partial charge in [-0.25, -0.2) is 22.4 Å². The van der Waals surface area contributed by atoms with E-state index in [1.807, 2.05) is 18.2 Å². The van der Waals surface area contributed by atoms with Gasteiger partial charge in [-0.05, 0) is 11.6 Å². The first-order valence-corrected chi connectivity index (χ1v) is 8.01. The van der Waals surface area contributed by atoms with Gasteiger partial charge in [-0.3, -0.25) is 0 Å². The minimum atomic E-state index is -3.53. The lowest BCUT2D eigenvalue weighted by Crippen LogP contribution is -2.14. The molecular formula is C14H14N4O2S. The van der Waals surface area contributed by atoms with E-state index < -0.39 is 10.0 Å². The van der Waals surface area contributed by atoms with E-state index in [1.54, 1.807) is 18.2 Å². The monoisotopic (exact) mass is 302 g/mol. The molecule has 0 aliphatic carbocycles. The fraction of sp³-hybridized carbons (Fsp3) is 0.143. The molecule has 0 aliphatic heterocycles. The van der Waals surface area contributed by atoms with Gasteiger partial charge in [-0.1, -0.05) is 30.3 Å². The summed E-state index contributed by atoms with van der Waals surface area (Å²) in [7, 11) is -3.53. The van der Waals surface area contributed by atoms with Crippen LogP contribution in [0.25, 0.3) is 11.2 Å². The fourth-order valence-electron chi connectivity index (χ4n) is 2.10. The van der Waals surface area contributed by atoms with E-state index in [9.17, 15) is 8.42 Å². The average molecular weight is 302 g/mol. The van der Waals surface area contributed by atoms with Crippen molar-refractivity contribution in [2.24, 2.45) is 5.73 Å². The molecule has 0 spiro atoms. The zero-order valence-corrected chi connectivity index (χ0v) is 12.0. The van der Waals surface area contributed by atoms with Crippen LogP contribution in [0, 0.1) is 0 Å². The summed E-state index contributed by atoms with van der Waals surface area (Å²) in [5.74, 6) is -0.0854. The van der Waals surface area contributed by atoms with Crippen LogP contribution in [0.1, 0.15) is 11.3 Å². The second-order valence-electron chi connectivity index (χ2n) is 4.63. The fourth-order valence-corrected chi connectivity index (χ4v) is 3.51. The first-order valence-electron chi connectivity index (χ1n) is 6.40. The summed E-state index contributed by atoms with van der Waals surface area (Å²) in [6.45, 7) is 0.269. The van der Waals surface area contributed by atoms with Crippen molar-refractivity contribution in [3.05, 3.63) is 60.0 Å². The van der Waals surface area contributed by atoms with Crippen molar-refractivity contribution in [2.75, 3.05) is 0 Å². The van der Waals surface area contributed by atoms with Crippen molar-refractivity contribution >= 4 is 21.2 Å². The highest BCUT2D eigenvalue weighted by molar-refractivity contribution is 7.89. The van der Waals surface area contributed by atoms with Crippen molar-refractivity contribution in [1.82, 2.24) is 13.9 Å². The molecule has 7 heteroatoms. The van der Waals surface area contributed by atoms with Crippen LogP contribution in [0.3, 0.4) is 0 Å². The molecule has 0 saturated heterocycles. The van der Waals surface area contributed by atoms with Gasteiger partial charge in [0, 0.05) is 12.7 Å². The Morgan fingerprint density at radius 1 is 1.14 bits per heavy atom. The molecule has 0 atom stereocenters. The minimum absolute atomic E-state index is 0.0854. The molecule has 0 aliphatic rings. The Balaban J connectivity index is 2.03. The van der Waals surface area contributed by atoms with Gasteiger partial charge in [0.25, 0.3) is 0 Å². The highest BCUT2D eigenvalue weighted by Crippen LogP contribution is 2.17. The zero-order chi connectivity index (χ0) is 14.9. The number of hydrogen-bond donors (Lipinski definition) is 1. The molecule has 0 radical (unpaired) electrons. The summed E-state index contributed by atoms with van der Waals surface area (Å²) in [6.07, 6.45) is 2.97. The average Bonchev–Trinajstić information content (AvgIpc) is 2.91. The Labute approximate surface area is 122 Å². The van der Waals surface area contributed by atoms with E-state index in [-0.39, 0.29) is 12.3 Å². The molecule has 0 amide bonds. The number of aromatic nitrogens is 3. The Hall–Kier alpha value is -2.25. The number of nitrogens with zero attached hydrogens (tertiary/aromatic N) is 3. The third kappa shape index (κ3) is 2.65. The van der Waals surface area contributed by atoms with Gasteiger partial charge >= 0.3 is 0 Å². The second kappa shape index (κ2) is 5.27. The maximum absolute atomic E-state index is 12.5. The maximum Gasteiger partial charge on any atom is 0.244 e. The smallest absolute Gasteiger partial charge is 0.244 e. The molecule has 1 aromatic carbocycles. The van der Waals surface area contributed by atoms with E-state index in [2.05, 4.69) is 9.97 Å². The minimum Gasteiger partial charge on any atom is -0.325 e.